The summed E-state index contributed by atoms with van der Waals surface area (Å²) in [6.45, 7) is 2.12. The van der Waals surface area contributed by atoms with E-state index >= 15 is 0 Å². The number of anilines is 1. The summed E-state index contributed by atoms with van der Waals surface area (Å²) in [7, 11) is 0. The third-order valence-electron chi connectivity index (χ3n) is 3.39. The van der Waals surface area contributed by atoms with Crippen LogP contribution < -0.4 is 10.5 Å². The van der Waals surface area contributed by atoms with Crippen LogP contribution in [0.3, 0.4) is 0 Å². The predicted molar refractivity (Wildman–Crippen MR) is 82.0 cm³/mol. The van der Waals surface area contributed by atoms with Crippen LogP contribution in [0.5, 0.6) is 11.5 Å². The molecular weight excluding hydrogens is 248 g/mol. The third-order valence-corrected chi connectivity index (χ3v) is 3.39. The molecule has 100 valence electrons. The molecule has 20 heavy (non-hydrogen) atoms. The van der Waals surface area contributed by atoms with Gasteiger partial charge >= 0.3 is 0 Å². The number of aromatic nitrogens is 1. The first-order chi connectivity index (χ1) is 9.79. The number of hydrogen-bond donors (Lipinski definition) is 1. The number of nitrogens with two attached hydrogens (primary N) is 1. The number of para-hydroxylation sites is 1. The van der Waals surface area contributed by atoms with Crippen molar-refractivity contribution in [3.63, 3.8) is 0 Å². The SMILES string of the molecule is CCc1ccccc1Oc1ccc(N)c2ccncc12. The van der Waals surface area contributed by atoms with Gasteiger partial charge in [-0.05, 0) is 36.2 Å². The van der Waals surface area contributed by atoms with E-state index in [1.807, 2.05) is 36.4 Å². The van der Waals surface area contributed by atoms with Crippen LogP contribution in [-0.2, 0) is 6.42 Å². The van der Waals surface area contributed by atoms with E-state index in [4.69, 9.17) is 10.5 Å². The minimum Gasteiger partial charge on any atom is -0.456 e. The summed E-state index contributed by atoms with van der Waals surface area (Å²) in [5.74, 6) is 1.66. The highest BCUT2D eigenvalue weighted by atomic mass is 16.5. The van der Waals surface area contributed by atoms with Gasteiger partial charge in [-0.25, -0.2) is 0 Å². The van der Waals surface area contributed by atoms with Crippen molar-refractivity contribution < 1.29 is 4.74 Å². The topological polar surface area (TPSA) is 48.1 Å². The monoisotopic (exact) mass is 264 g/mol. The molecule has 2 N–H and O–H groups in total. The van der Waals surface area contributed by atoms with Crippen molar-refractivity contribution >= 4 is 16.5 Å². The minimum atomic E-state index is 0.735. The first-order valence-electron chi connectivity index (χ1n) is 6.67. The normalized spacial score (nSPS) is 10.7. The molecule has 0 aliphatic carbocycles. The third kappa shape index (κ3) is 2.18. The van der Waals surface area contributed by atoms with Gasteiger partial charge in [0.25, 0.3) is 0 Å². The summed E-state index contributed by atoms with van der Waals surface area (Å²) in [6, 6.07) is 13.7. The number of pyridine rings is 1. The summed E-state index contributed by atoms with van der Waals surface area (Å²) in [4.78, 5) is 4.16. The van der Waals surface area contributed by atoms with Crippen molar-refractivity contribution in [2.75, 3.05) is 5.73 Å². The van der Waals surface area contributed by atoms with E-state index in [9.17, 15) is 0 Å². The van der Waals surface area contributed by atoms with Crippen LogP contribution in [-0.4, -0.2) is 4.98 Å². The fourth-order valence-electron chi connectivity index (χ4n) is 2.29. The maximum atomic E-state index is 6.07. The van der Waals surface area contributed by atoms with E-state index in [2.05, 4.69) is 18.0 Å². The largest absolute Gasteiger partial charge is 0.456 e. The number of aryl methyl sites for hydroxylation is 1. The van der Waals surface area contributed by atoms with Gasteiger partial charge in [0, 0.05) is 28.9 Å². The Balaban J connectivity index is 2.09. The molecule has 3 nitrogen and oxygen atoms in total. The Labute approximate surface area is 118 Å². The molecule has 0 saturated heterocycles. The molecule has 0 spiro atoms. The summed E-state index contributed by atoms with van der Waals surface area (Å²) < 4.78 is 6.07. The zero-order chi connectivity index (χ0) is 13.9. The van der Waals surface area contributed by atoms with Crippen LogP contribution >= 0.6 is 0 Å². The van der Waals surface area contributed by atoms with Crippen molar-refractivity contribution in [1.82, 2.24) is 4.98 Å². The lowest BCUT2D eigenvalue weighted by Gasteiger charge is -2.12. The van der Waals surface area contributed by atoms with Crippen molar-refractivity contribution in [2.24, 2.45) is 0 Å². The van der Waals surface area contributed by atoms with E-state index in [-0.39, 0.29) is 0 Å². The lowest BCUT2D eigenvalue weighted by molar-refractivity contribution is 0.482. The highest BCUT2D eigenvalue weighted by molar-refractivity contribution is 5.96. The fraction of sp³-hybridized carbons (Fsp3) is 0.118. The molecule has 3 rings (SSSR count). The molecule has 0 fully saturated rings. The minimum absolute atomic E-state index is 0.735. The highest BCUT2D eigenvalue weighted by Gasteiger charge is 2.08. The lowest BCUT2D eigenvalue weighted by atomic mass is 10.1. The van der Waals surface area contributed by atoms with Gasteiger partial charge in [-0.2, -0.15) is 0 Å². The van der Waals surface area contributed by atoms with Crippen LogP contribution in [0.15, 0.2) is 54.9 Å². The van der Waals surface area contributed by atoms with E-state index < -0.39 is 0 Å². The van der Waals surface area contributed by atoms with Gasteiger partial charge in [0.05, 0.1) is 0 Å². The number of fused-ring (bicyclic) bond motifs is 1. The van der Waals surface area contributed by atoms with Crippen LogP contribution in [0.4, 0.5) is 5.69 Å². The molecule has 3 aromatic rings. The molecule has 0 bridgehead atoms. The standard InChI is InChI=1S/C17H16N2O/c1-2-12-5-3-4-6-16(12)20-17-8-7-15(18)13-9-10-19-11-14(13)17/h3-11H,2,18H2,1H3. The van der Waals surface area contributed by atoms with Gasteiger partial charge in [0.1, 0.15) is 11.5 Å². The van der Waals surface area contributed by atoms with Crippen molar-refractivity contribution in [3.8, 4) is 11.5 Å². The van der Waals surface area contributed by atoms with Gasteiger partial charge in [0.2, 0.25) is 0 Å². The van der Waals surface area contributed by atoms with Gasteiger partial charge in [-0.15, -0.1) is 0 Å². The summed E-state index contributed by atoms with van der Waals surface area (Å²) in [6.07, 6.45) is 4.46. The number of hydrogen-bond acceptors (Lipinski definition) is 3. The molecule has 0 aliphatic rings. The molecule has 1 aromatic heterocycles. The lowest BCUT2D eigenvalue weighted by Crippen LogP contribution is -1.93. The van der Waals surface area contributed by atoms with Crippen molar-refractivity contribution in [3.05, 3.63) is 60.4 Å². The molecule has 0 saturated carbocycles. The summed E-state index contributed by atoms with van der Waals surface area (Å²) in [5.41, 5.74) is 7.91. The molecule has 3 heteroatoms. The number of rotatable bonds is 3. The Kier molecular flexibility index (Phi) is 3.25. The Morgan fingerprint density at radius 1 is 1.00 bits per heavy atom. The van der Waals surface area contributed by atoms with Crippen LogP contribution in [0.25, 0.3) is 10.8 Å². The smallest absolute Gasteiger partial charge is 0.136 e. The average molecular weight is 264 g/mol. The fourth-order valence-corrected chi connectivity index (χ4v) is 2.29. The Morgan fingerprint density at radius 3 is 2.70 bits per heavy atom. The second kappa shape index (κ2) is 5.21. The van der Waals surface area contributed by atoms with E-state index in [0.717, 1.165) is 34.4 Å². The zero-order valence-corrected chi connectivity index (χ0v) is 11.3. The first-order valence-corrected chi connectivity index (χ1v) is 6.67. The van der Waals surface area contributed by atoms with Crippen LogP contribution in [0.1, 0.15) is 12.5 Å². The molecule has 0 amide bonds. The van der Waals surface area contributed by atoms with Gasteiger partial charge < -0.3 is 10.5 Å². The maximum Gasteiger partial charge on any atom is 0.136 e. The molecule has 1 heterocycles. The molecule has 0 aliphatic heterocycles. The van der Waals surface area contributed by atoms with Crippen molar-refractivity contribution in [1.29, 1.82) is 0 Å². The summed E-state index contributed by atoms with van der Waals surface area (Å²) in [5, 5.41) is 1.89. The Bertz CT molecular complexity index is 753. The molecule has 0 unspecified atom stereocenters. The molecule has 2 aromatic carbocycles. The van der Waals surface area contributed by atoms with Gasteiger partial charge in [0.15, 0.2) is 0 Å². The van der Waals surface area contributed by atoms with E-state index in [0.29, 0.717) is 0 Å². The number of benzene rings is 2. The molecular formula is C17H16N2O. The average Bonchev–Trinajstić information content (AvgIpc) is 2.51. The maximum absolute atomic E-state index is 6.07. The first kappa shape index (κ1) is 12.5. The van der Waals surface area contributed by atoms with E-state index in [1.54, 1.807) is 12.4 Å². The highest BCUT2D eigenvalue weighted by Crippen LogP contribution is 2.33. The van der Waals surface area contributed by atoms with Crippen LogP contribution in [0.2, 0.25) is 0 Å². The number of ether oxygens (including phenoxy) is 1. The van der Waals surface area contributed by atoms with Gasteiger partial charge in [-0.1, -0.05) is 25.1 Å². The molecule has 0 radical (unpaired) electrons. The Hall–Kier alpha value is -2.55. The predicted octanol–water partition coefficient (Wildman–Crippen LogP) is 4.17. The second-order valence-electron chi connectivity index (χ2n) is 4.64. The number of nitrogens with zero attached hydrogens (tertiary/aromatic N) is 1. The summed E-state index contributed by atoms with van der Waals surface area (Å²) >= 11 is 0. The van der Waals surface area contributed by atoms with Crippen LogP contribution in [0, 0.1) is 0 Å². The van der Waals surface area contributed by atoms with Crippen molar-refractivity contribution in [2.45, 2.75) is 13.3 Å². The number of nitrogen functional groups attached to an aromatic ring is 1. The van der Waals surface area contributed by atoms with Gasteiger partial charge in [-0.3, -0.25) is 4.98 Å². The Morgan fingerprint density at radius 2 is 1.85 bits per heavy atom. The zero-order valence-electron chi connectivity index (χ0n) is 11.3. The molecule has 0 atom stereocenters. The second-order valence-corrected chi connectivity index (χ2v) is 4.64. The quantitative estimate of drug-likeness (QED) is 0.722. The van der Waals surface area contributed by atoms with E-state index in [1.165, 1.54) is 5.56 Å².